The predicted molar refractivity (Wildman–Crippen MR) is 181 cm³/mol. The number of carbonyl (C=O) groups excluding carboxylic acids is 2. The zero-order valence-electron chi connectivity index (χ0n) is 25.7. The highest BCUT2D eigenvalue weighted by atomic mass is 35.5. The lowest BCUT2D eigenvalue weighted by Gasteiger charge is -2.35. The van der Waals surface area contributed by atoms with E-state index in [1.807, 2.05) is 57.2 Å². The fraction of sp³-hybridized carbons (Fsp3) is 0.257. The van der Waals surface area contributed by atoms with Gasteiger partial charge in [0, 0.05) is 28.5 Å². The topological polar surface area (TPSA) is 86.8 Å². The van der Waals surface area contributed by atoms with Gasteiger partial charge < -0.3 is 10.2 Å². The van der Waals surface area contributed by atoms with Gasteiger partial charge in [0.1, 0.15) is 12.6 Å². The van der Waals surface area contributed by atoms with Crippen LogP contribution in [0.5, 0.6) is 0 Å². The van der Waals surface area contributed by atoms with Crippen LogP contribution in [0.25, 0.3) is 0 Å². The quantitative estimate of drug-likeness (QED) is 0.186. The van der Waals surface area contributed by atoms with Gasteiger partial charge in [-0.3, -0.25) is 13.9 Å². The van der Waals surface area contributed by atoms with Gasteiger partial charge in [-0.05, 0) is 80.8 Å². The van der Waals surface area contributed by atoms with E-state index in [-0.39, 0.29) is 29.5 Å². The molecular formula is C35H37Cl2N3O4S. The Morgan fingerprint density at radius 1 is 0.800 bits per heavy atom. The summed E-state index contributed by atoms with van der Waals surface area (Å²) >= 11 is 12.6. The van der Waals surface area contributed by atoms with E-state index in [0.717, 1.165) is 9.87 Å². The van der Waals surface area contributed by atoms with E-state index in [2.05, 4.69) is 5.32 Å². The molecule has 0 heterocycles. The molecule has 0 aromatic heterocycles. The van der Waals surface area contributed by atoms with Crippen LogP contribution in [0.15, 0.2) is 108 Å². The molecule has 10 heteroatoms. The lowest BCUT2D eigenvalue weighted by Crippen LogP contribution is -2.56. The number of halogens is 2. The lowest BCUT2D eigenvalue weighted by atomic mass is 10.0. The summed E-state index contributed by atoms with van der Waals surface area (Å²) in [5.41, 5.74) is 1.82. The largest absolute Gasteiger partial charge is 0.350 e. The number of carbonyl (C=O) groups is 2. The van der Waals surface area contributed by atoms with Gasteiger partial charge in [0.2, 0.25) is 11.8 Å². The van der Waals surface area contributed by atoms with E-state index in [0.29, 0.717) is 21.2 Å². The molecule has 0 saturated heterocycles. The van der Waals surface area contributed by atoms with Crippen molar-refractivity contribution in [2.75, 3.05) is 10.8 Å². The number of aryl methyl sites for hydroxylation is 1. The van der Waals surface area contributed by atoms with Crippen LogP contribution < -0.4 is 9.62 Å². The summed E-state index contributed by atoms with van der Waals surface area (Å²) in [7, 11) is -4.23. The van der Waals surface area contributed by atoms with Crippen molar-refractivity contribution in [2.45, 2.75) is 57.1 Å². The van der Waals surface area contributed by atoms with Crippen molar-refractivity contribution in [2.24, 2.45) is 0 Å². The van der Waals surface area contributed by atoms with Crippen LogP contribution in [0.1, 0.15) is 37.5 Å². The number of amides is 2. The van der Waals surface area contributed by atoms with Gasteiger partial charge in [-0.15, -0.1) is 0 Å². The average Bonchev–Trinajstić information content (AvgIpc) is 2.99. The summed E-state index contributed by atoms with van der Waals surface area (Å²) < 4.78 is 29.4. The number of sulfonamides is 1. The molecule has 1 N–H and O–H groups in total. The predicted octanol–water partition coefficient (Wildman–Crippen LogP) is 7.05. The molecule has 0 fully saturated rings. The molecular weight excluding hydrogens is 629 g/mol. The van der Waals surface area contributed by atoms with Crippen LogP contribution >= 0.6 is 23.2 Å². The summed E-state index contributed by atoms with van der Waals surface area (Å²) in [6.45, 7) is 6.79. The second kappa shape index (κ2) is 14.5. The molecule has 0 aliphatic rings. The third-order valence-electron chi connectivity index (χ3n) is 7.06. The zero-order chi connectivity index (χ0) is 32.8. The highest BCUT2D eigenvalue weighted by Crippen LogP contribution is 2.30. The maximum absolute atomic E-state index is 14.6. The van der Waals surface area contributed by atoms with Gasteiger partial charge in [0.25, 0.3) is 10.0 Å². The van der Waals surface area contributed by atoms with Gasteiger partial charge in [-0.1, -0.05) is 89.9 Å². The first-order valence-electron chi connectivity index (χ1n) is 14.5. The van der Waals surface area contributed by atoms with E-state index in [9.17, 15) is 18.0 Å². The number of rotatable bonds is 11. The van der Waals surface area contributed by atoms with E-state index in [1.54, 1.807) is 55.5 Å². The van der Waals surface area contributed by atoms with Crippen molar-refractivity contribution in [1.29, 1.82) is 0 Å². The molecule has 1 unspecified atom stereocenters. The van der Waals surface area contributed by atoms with E-state index in [1.165, 1.54) is 23.1 Å². The first kappa shape index (κ1) is 34.0. The summed E-state index contributed by atoms with van der Waals surface area (Å²) in [4.78, 5) is 30.0. The maximum Gasteiger partial charge on any atom is 0.264 e. The van der Waals surface area contributed by atoms with Gasteiger partial charge in [0.15, 0.2) is 0 Å². The van der Waals surface area contributed by atoms with Crippen LogP contribution in [-0.2, 0) is 32.6 Å². The number of nitrogens with one attached hydrogen (secondary N) is 1. The highest BCUT2D eigenvalue weighted by Gasteiger charge is 2.36. The summed E-state index contributed by atoms with van der Waals surface area (Å²) in [6.07, 6.45) is 0.205. The van der Waals surface area contributed by atoms with Gasteiger partial charge >= 0.3 is 0 Å². The molecule has 0 spiro atoms. The number of benzene rings is 4. The van der Waals surface area contributed by atoms with E-state index < -0.39 is 34.1 Å². The molecule has 4 aromatic rings. The summed E-state index contributed by atoms with van der Waals surface area (Å²) in [5, 5.41) is 3.81. The summed E-state index contributed by atoms with van der Waals surface area (Å²) in [5.74, 6) is -0.933. The zero-order valence-corrected chi connectivity index (χ0v) is 28.0. The number of hydrogen-bond acceptors (Lipinski definition) is 4. The van der Waals surface area contributed by atoms with Crippen molar-refractivity contribution in [3.8, 4) is 0 Å². The molecule has 236 valence electrons. The molecule has 2 amide bonds. The third kappa shape index (κ3) is 9.10. The molecule has 1 atom stereocenters. The molecule has 0 aliphatic heterocycles. The first-order valence-corrected chi connectivity index (χ1v) is 16.7. The molecule has 0 aliphatic carbocycles. The monoisotopic (exact) mass is 665 g/mol. The standard InChI is InChI=1S/C35H37Cl2N3O4S/c1-25-18-19-29(37)22-31(25)40(45(43,44)30-16-9-6-10-17-30)24-33(41)39(23-27-14-11-15-28(36)20-27)32(34(42)38-35(2,3)4)21-26-12-7-5-8-13-26/h5-20,22,32H,21,23-24H2,1-4H3,(H,38,42). The lowest BCUT2D eigenvalue weighted by molar-refractivity contribution is -0.140. The first-order chi connectivity index (χ1) is 21.2. The van der Waals surface area contributed by atoms with Gasteiger partial charge in [-0.2, -0.15) is 0 Å². The van der Waals surface area contributed by atoms with Crippen LogP contribution in [0.4, 0.5) is 5.69 Å². The van der Waals surface area contributed by atoms with Crippen LogP contribution in [0.2, 0.25) is 10.0 Å². The van der Waals surface area contributed by atoms with Crippen molar-refractivity contribution in [3.05, 3.63) is 130 Å². The fourth-order valence-electron chi connectivity index (χ4n) is 4.92. The molecule has 0 saturated carbocycles. The van der Waals surface area contributed by atoms with Crippen LogP contribution in [0, 0.1) is 6.92 Å². The fourth-order valence-corrected chi connectivity index (χ4v) is 6.79. The van der Waals surface area contributed by atoms with Crippen molar-refractivity contribution in [3.63, 3.8) is 0 Å². The van der Waals surface area contributed by atoms with E-state index in [4.69, 9.17) is 23.2 Å². The normalized spacial score (nSPS) is 12.3. The summed E-state index contributed by atoms with van der Waals surface area (Å²) in [6, 6.07) is 28.3. The van der Waals surface area contributed by atoms with Crippen LogP contribution in [0.3, 0.4) is 0 Å². The molecule has 7 nitrogen and oxygen atoms in total. The molecule has 0 radical (unpaired) electrons. The van der Waals surface area contributed by atoms with Crippen molar-refractivity contribution >= 4 is 50.7 Å². The van der Waals surface area contributed by atoms with Gasteiger partial charge in [0.05, 0.1) is 10.6 Å². The maximum atomic E-state index is 14.6. The Morgan fingerprint density at radius 3 is 2.02 bits per heavy atom. The Labute approximate surface area is 275 Å². The Bertz CT molecular complexity index is 1740. The number of anilines is 1. The van der Waals surface area contributed by atoms with E-state index >= 15 is 0 Å². The smallest absolute Gasteiger partial charge is 0.264 e. The van der Waals surface area contributed by atoms with Crippen molar-refractivity contribution in [1.82, 2.24) is 10.2 Å². The molecule has 4 aromatic carbocycles. The Balaban J connectivity index is 1.84. The second-order valence-corrected chi connectivity index (χ2v) is 14.6. The SMILES string of the molecule is Cc1ccc(Cl)cc1N(CC(=O)N(Cc1cccc(Cl)c1)C(Cc1ccccc1)C(=O)NC(C)(C)C)S(=O)(=O)c1ccccc1. The minimum Gasteiger partial charge on any atom is -0.350 e. The Hall–Kier alpha value is -3.85. The Kier molecular flexibility index (Phi) is 11.0. The van der Waals surface area contributed by atoms with Gasteiger partial charge in [-0.25, -0.2) is 8.42 Å². The minimum absolute atomic E-state index is 0.0161. The molecule has 45 heavy (non-hydrogen) atoms. The second-order valence-electron chi connectivity index (χ2n) is 11.9. The average molecular weight is 667 g/mol. The van der Waals surface area contributed by atoms with Crippen molar-refractivity contribution < 1.29 is 18.0 Å². The number of nitrogens with zero attached hydrogens (tertiary/aromatic N) is 2. The van der Waals surface area contributed by atoms with Crippen LogP contribution in [-0.4, -0.2) is 43.3 Å². The minimum atomic E-state index is -4.23. The number of hydrogen-bond donors (Lipinski definition) is 1. The molecule has 4 rings (SSSR count). The Morgan fingerprint density at radius 2 is 1.40 bits per heavy atom. The highest BCUT2D eigenvalue weighted by molar-refractivity contribution is 7.92. The third-order valence-corrected chi connectivity index (χ3v) is 9.31. The molecule has 0 bridgehead atoms.